The van der Waals surface area contributed by atoms with Crippen molar-refractivity contribution in [1.82, 2.24) is 15.6 Å². The van der Waals surface area contributed by atoms with Gasteiger partial charge in [0.25, 0.3) is 11.8 Å². The number of rotatable bonds is 9. The highest BCUT2D eigenvalue weighted by molar-refractivity contribution is 7.13. The number of benzene rings is 2. The van der Waals surface area contributed by atoms with Crippen molar-refractivity contribution in [3.8, 4) is 27.3 Å². The molecule has 0 radical (unpaired) electrons. The number of hydrogen-bond donors (Lipinski definition) is 4. The average Bonchev–Trinajstić information content (AvgIpc) is 3.47. The van der Waals surface area contributed by atoms with Gasteiger partial charge < -0.3 is 35.9 Å². The van der Waals surface area contributed by atoms with Gasteiger partial charge in [-0.2, -0.15) is 0 Å². The van der Waals surface area contributed by atoms with Crippen molar-refractivity contribution in [2.24, 2.45) is 5.73 Å². The van der Waals surface area contributed by atoms with E-state index in [1.54, 1.807) is 45.0 Å². The zero-order chi connectivity index (χ0) is 36.2. The van der Waals surface area contributed by atoms with Gasteiger partial charge >= 0.3 is 12.1 Å². The van der Waals surface area contributed by atoms with Crippen LogP contribution in [0.15, 0.2) is 53.9 Å². The third-order valence-corrected chi connectivity index (χ3v) is 8.57. The number of nitrogens with two attached hydrogens (primary N) is 1. The summed E-state index contributed by atoms with van der Waals surface area (Å²) >= 11 is 1.53. The first-order chi connectivity index (χ1) is 23.7. The van der Waals surface area contributed by atoms with E-state index in [0.717, 1.165) is 27.1 Å². The quantitative estimate of drug-likeness (QED) is 0.174. The predicted molar refractivity (Wildman–Crippen MR) is 187 cm³/mol. The molecule has 0 saturated carbocycles. The molecule has 0 saturated heterocycles. The van der Waals surface area contributed by atoms with Crippen molar-refractivity contribution in [2.45, 2.75) is 46.3 Å². The molecule has 0 aliphatic carbocycles. The van der Waals surface area contributed by atoms with Crippen LogP contribution in [0, 0.1) is 6.92 Å². The van der Waals surface area contributed by atoms with Gasteiger partial charge in [-0.25, -0.2) is 14.6 Å². The molecule has 0 spiro atoms. The molecule has 5 rings (SSSR count). The van der Waals surface area contributed by atoms with Crippen LogP contribution < -0.4 is 26.4 Å². The van der Waals surface area contributed by atoms with Crippen molar-refractivity contribution in [3.63, 3.8) is 0 Å². The highest BCUT2D eigenvalue weighted by atomic mass is 32.1. The van der Waals surface area contributed by atoms with Gasteiger partial charge in [-0.1, -0.05) is 12.1 Å². The van der Waals surface area contributed by atoms with Crippen LogP contribution in [0.25, 0.3) is 21.6 Å². The molecular formula is C36H37N5O8S. The van der Waals surface area contributed by atoms with E-state index in [1.165, 1.54) is 30.6 Å². The van der Waals surface area contributed by atoms with E-state index in [2.05, 4.69) is 20.9 Å². The number of pyridine rings is 1. The number of hydrogen-bond acceptors (Lipinski definition) is 10. The first kappa shape index (κ1) is 35.5. The number of primary amides is 1. The Labute approximate surface area is 292 Å². The molecule has 13 nitrogen and oxygen atoms in total. The first-order valence-electron chi connectivity index (χ1n) is 15.7. The number of carbonyl (C=O) groups is 5. The van der Waals surface area contributed by atoms with Crippen molar-refractivity contribution in [1.29, 1.82) is 0 Å². The number of nitrogens with zero attached hydrogens (tertiary/aromatic N) is 1. The van der Waals surface area contributed by atoms with E-state index >= 15 is 0 Å². The van der Waals surface area contributed by atoms with Crippen molar-refractivity contribution in [2.75, 3.05) is 25.6 Å². The molecule has 2 aromatic heterocycles. The lowest BCUT2D eigenvalue weighted by Crippen LogP contribution is -2.34. The number of aryl methyl sites for hydroxylation is 1. The first-order valence-corrected chi connectivity index (χ1v) is 16.5. The number of fused-ring (bicyclic) bond motifs is 3. The molecule has 0 fully saturated rings. The van der Waals surface area contributed by atoms with Crippen LogP contribution >= 0.6 is 11.3 Å². The molecule has 14 heteroatoms. The fourth-order valence-electron chi connectivity index (χ4n) is 5.29. The fraction of sp³-hybridized carbons (Fsp3) is 0.278. The Morgan fingerprint density at radius 2 is 1.74 bits per heavy atom. The molecule has 4 aromatic rings. The lowest BCUT2D eigenvalue weighted by molar-refractivity contribution is -0.117. The number of esters is 1. The zero-order valence-electron chi connectivity index (χ0n) is 28.2. The third kappa shape index (κ3) is 8.26. The lowest BCUT2D eigenvalue weighted by atomic mass is 9.93. The molecule has 50 heavy (non-hydrogen) atoms. The largest absolute Gasteiger partial charge is 0.493 e. The minimum atomic E-state index is -0.848. The fourth-order valence-corrected chi connectivity index (χ4v) is 6.27. The molecule has 5 N–H and O–H groups in total. The van der Waals surface area contributed by atoms with E-state index in [1.807, 2.05) is 24.4 Å². The Morgan fingerprint density at radius 3 is 2.44 bits per heavy atom. The Morgan fingerprint density at radius 1 is 0.960 bits per heavy atom. The van der Waals surface area contributed by atoms with Crippen molar-refractivity contribution < 1.29 is 38.2 Å². The van der Waals surface area contributed by atoms with Gasteiger partial charge in [0.05, 0.1) is 20.3 Å². The van der Waals surface area contributed by atoms with Gasteiger partial charge in [0.15, 0.2) is 5.69 Å². The second-order valence-electron chi connectivity index (χ2n) is 12.5. The summed E-state index contributed by atoms with van der Waals surface area (Å²) in [4.78, 5) is 68.6. The van der Waals surface area contributed by atoms with E-state index in [4.69, 9.17) is 19.9 Å². The molecule has 260 valence electrons. The van der Waals surface area contributed by atoms with Gasteiger partial charge in [-0.05, 0) is 86.2 Å². The summed E-state index contributed by atoms with van der Waals surface area (Å²) in [6.07, 6.45) is 0.129. The Kier molecular flexibility index (Phi) is 10.5. The molecule has 4 amide bonds. The van der Waals surface area contributed by atoms with Crippen LogP contribution in [0.1, 0.15) is 68.8 Å². The zero-order valence-corrected chi connectivity index (χ0v) is 29.0. The number of methoxy groups -OCH3 is 1. The maximum atomic E-state index is 14.2. The van der Waals surface area contributed by atoms with E-state index in [-0.39, 0.29) is 29.1 Å². The van der Waals surface area contributed by atoms with Crippen molar-refractivity contribution in [3.05, 3.63) is 87.6 Å². The summed E-state index contributed by atoms with van der Waals surface area (Å²) < 4.78 is 16.5. The number of carbonyl (C=O) groups excluding carboxylic acids is 5. The van der Waals surface area contributed by atoms with E-state index < -0.39 is 41.9 Å². The summed E-state index contributed by atoms with van der Waals surface area (Å²) in [7, 11) is 1.18. The Balaban J connectivity index is 1.54. The molecule has 1 aliphatic rings. The number of thiophene rings is 1. The lowest BCUT2D eigenvalue weighted by Gasteiger charge is -2.20. The number of aromatic nitrogens is 1. The van der Waals surface area contributed by atoms with E-state index in [0.29, 0.717) is 30.0 Å². The summed E-state index contributed by atoms with van der Waals surface area (Å²) in [5, 5.41) is 10.0. The molecule has 1 aliphatic heterocycles. The Hall–Kier alpha value is -5.76. The second-order valence-corrected chi connectivity index (χ2v) is 13.4. The molecule has 0 bridgehead atoms. The Bertz CT molecular complexity index is 2000. The summed E-state index contributed by atoms with van der Waals surface area (Å²) in [5.41, 5.74) is 8.75. The maximum Gasteiger partial charge on any atom is 0.407 e. The van der Waals surface area contributed by atoms with Crippen LogP contribution in [0.5, 0.6) is 5.75 Å². The second kappa shape index (κ2) is 14.8. The molecule has 3 heterocycles. The summed E-state index contributed by atoms with van der Waals surface area (Å²) in [6, 6.07) is 13.7. The molecule has 0 atom stereocenters. The maximum absolute atomic E-state index is 14.2. The number of anilines is 1. The van der Waals surface area contributed by atoms with Crippen LogP contribution in [-0.2, 0) is 27.2 Å². The normalized spacial score (nSPS) is 11.9. The monoisotopic (exact) mass is 699 g/mol. The number of amides is 4. The van der Waals surface area contributed by atoms with E-state index in [9.17, 15) is 24.0 Å². The van der Waals surface area contributed by atoms with Gasteiger partial charge in [0, 0.05) is 45.8 Å². The third-order valence-electron chi connectivity index (χ3n) is 7.58. The van der Waals surface area contributed by atoms with Crippen molar-refractivity contribution >= 4 is 46.8 Å². The average molecular weight is 700 g/mol. The highest BCUT2D eigenvalue weighted by Gasteiger charge is 2.27. The molecular weight excluding hydrogens is 662 g/mol. The van der Waals surface area contributed by atoms with Gasteiger partial charge in [0.2, 0.25) is 5.91 Å². The summed E-state index contributed by atoms with van der Waals surface area (Å²) in [6.45, 7) is 7.38. The smallest absolute Gasteiger partial charge is 0.407 e. The predicted octanol–water partition coefficient (Wildman–Crippen LogP) is 5.00. The topological polar surface area (TPSA) is 188 Å². The van der Waals surface area contributed by atoms with Gasteiger partial charge in [-0.3, -0.25) is 14.4 Å². The number of ether oxygens (including phenoxy) is 3. The minimum absolute atomic E-state index is 0.160. The SMILES string of the molecule is COC(=O)c1nc(C(=O)NCC(N)=O)ccc1-c1cc2c(cc1C(=O)Nc1ccc(CNC(=O)OC(C)(C)C)cc1C)-c1sccc1CCO2. The number of nitrogens with one attached hydrogen (secondary N) is 3. The minimum Gasteiger partial charge on any atom is -0.493 e. The van der Waals surface area contributed by atoms with Gasteiger partial charge in [0.1, 0.15) is 17.0 Å². The standard InChI is InChI=1S/C36H37N5O8S/c1-19-14-20(17-39-35(46)49-36(2,3)4)6-8-26(19)41-32(43)24-15-25-28(48-12-10-21-11-13-50-31(21)25)16-23(24)22-7-9-27(33(44)38-18-29(37)42)40-30(22)34(45)47-5/h6-9,11,13-16H,10,12,17-18H2,1-5H3,(H2,37,42)(H,38,44)(H,39,46)(H,41,43). The van der Waals surface area contributed by atoms with Crippen LogP contribution in [0.3, 0.4) is 0 Å². The molecule has 2 aromatic carbocycles. The van der Waals surface area contributed by atoms with Crippen LogP contribution in [0.2, 0.25) is 0 Å². The summed E-state index contributed by atoms with van der Waals surface area (Å²) in [5.74, 6) is -2.30. The van der Waals surface area contributed by atoms with Gasteiger partial charge in [-0.15, -0.1) is 11.3 Å². The van der Waals surface area contributed by atoms with Crippen LogP contribution in [0.4, 0.5) is 10.5 Å². The van der Waals surface area contributed by atoms with Crippen LogP contribution in [-0.4, -0.2) is 60.6 Å². The number of alkyl carbamates (subject to hydrolysis) is 1. The highest BCUT2D eigenvalue weighted by Crippen LogP contribution is 2.43. The molecule has 0 unspecified atom stereocenters.